The fourth-order valence-corrected chi connectivity index (χ4v) is 2.73. The molecule has 20 heavy (non-hydrogen) atoms. The SMILES string of the molecule is CCCC1(NC(=O)[C@@H](c2ccc(F)cc2)N(C)C)CC1. The molecule has 0 bridgehead atoms. The molecule has 1 fully saturated rings. The van der Waals surface area contributed by atoms with Gasteiger partial charge >= 0.3 is 0 Å². The first kappa shape index (κ1) is 15.0. The fraction of sp³-hybridized carbons (Fsp3) is 0.562. The first-order valence-electron chi connectivity index (χ1n) is 7.21. The molecule has 0 saturated heterocycles. The minimum Gasteiger partial charge on any atom is -0.349 e. The van der Waals surface area contributed by atoms with E-state index in [-0.39, 0.29) is 23.3 Å². The van der Waals surface area contributed by atoms with E-state index in [4.69, 9.17) is 0 Å². The molecule has 1 aromatic rings. The van der Waals surface area contributed by atoms with E-state index in [1.165, 1.54) is 12.1 Å². The second-order valence-electron chi connectivity index (χ2n) is 5.94. The van der Waals surface area contributed by atoms with Gasteiger partial charge in [0.05, 0.1) is 0 Å². The zero-order chi connectivity index (χ0) is 14.8. The lowest BCUT2D eigenvalue weighted by Gasteiger charge is -2.27. The Morgan fingerprint density at radius 3 is 2.40 bits per heavy atom. The van der Waals surface area contributed by atoms with Crippen LogP contribution in [0.2, 0.25) is 0 Å². The van der Waals surface area contributed by atoms with Gasteiger partial charge < -0.3 is 5.32 Å². The minimum atomic E-state index is -0.370. The lowest BCUT2D eigenvalue weighted by Crippen LogP contribution is -2.43. The van der Waals surface area contributed by atoms with Gasteiger partial charge in [0.25, 0.3) is 0 Å². The van der Waals surface area contributed by atoms with Crippen LogP contribution in [0.3, 0.4) is 0 Å². The van der Waals surface area contributed by atoms with E-state index >= 15 is 0 Å². The first-order valence-corrected chi connectivity index (χ1v) is 7.21. The van der Waals surface area contributed by atoms with Gasteiger partial charge in [0.2, 0.25) is 5.91 Å². The Hall–Kier alpha value is -1.42. The number of amides is 1. The number of hydrogen-bond acceptors (Lipinski definition) is 2. The molecule has 1 atom stereocenters. The molecular formula is C16H23FN2O. The molecule has 1 saturated carbocycles. The highest BCUT2D eigenvalue weighted by atomic mass is 19.1. The zero-order valence-electron chi connectivity index (χ0n) is 12.4. The Labute approximate surface area is 120 Å². The van der Waals surface area contributed by atoms with E-state index in [1.807, 2.05) is 19.0 Å². The summed E-state index contributed by atoms with van der Waals surface area (Å²) in [5, 5.41) is 3.19. The summed E-state index contributed by atoms with van der Waals surface area (Å²) < 4.78 is 13.0. The quantitative estimate of drug-likeness (QED) is 0.868. The lowest BCUT2D eigenvalue weighted by atomic mass is 10.0. The average molecular weight is 278 g/mol. The van der Waals surface area contributed by atoms with Crippen molar-refractivity contribution in [1.82, 2.24) is 10.2 Å². The van der Waals surface area contributed by atoms with E-state index in [0.29, 0.717) is 0 Å². The minimum absolute atomic E-state index is 0.00700. The van der Waals surface area contributed by atoms with Crippen molar-refractivity contribution in [1.29, 1.82) is 0 Å². The van der Waals surface area contributed by atoms with Gasteiger partial charge in [0.1, 0.15) is 11.9 Å². The van der Waals surface area contributed by atoms with E-state index in [2.05, 4.69) is 12.2 Å². The molecule has 2 rings (SSSR count). The molecule has 1 N–H and O–H groups in total. The number of likely N-dealkylation sites (N-methyl/N-ethyl adjacent to an activating group) is 1. The summed E-state index contributed by atoms with van der Waals surface area (Å²) in [6.07, 6.45) is 4.23. The molecule has 0 unspecified atom stereocenters. The van der Waals surface area contributed by atoms with Crippen LogP contribution in [-0.4, -0.2) is 30.4 Å². The van der Waals surface area contributed by atoms with E-state index in [1.54, 1.807) is 12.1 Å². The molecular weight excluding hydrogens is 255 g/mol. The molecule has 1 aliphatic carbocycles. The van der Waals surface area contributed by atoms with Crippen molar-refractivity contribution < 1.29 is 9.18 Å². The van der Waals surface area contributed by atoms with Crippen molar-refractivity contribution in [3.05, 3.63) is 35.6 Å². The second-order valence-corrected chi connectivity index (χ2v) is 5.94. The summed E-state index contributed by atoms with van der Waals surface area (Å²) in [7, 11) is 3.74. The van der Waals surface area contributed by atoms with Crippen LogP contribution in [0.15, 0.2) is 24.3 Å². The smallest absolute Gasteiger partial charge is 0.242 e. The molecule has 0 spiro atoms. The number of carbonyl (C=O) groups is 1. The average Bonchev–Trinajstić information content (AvgIpc) is 3.11. The van der Waals surface area contributed by atoms with Gasteiger partial charge in [-0.2, -0.15) is 0 Å². The summed E-state index contributed by atoms with van der Waals surface area (Å²) in [5.41, 5.74) is 0.835. The number of hydrogen-bond donors (Lipinski definition) is 1. The van der Waals surface area contributed by atoms with Gasteiger partial charge in [-0.1, -0.05) is 25.5 Å². The molecule has 1 aromatic carbocycles. The Bertz CT molecular complexity index is 466. The summed E-state index contributed by atoms with van der Waals surface area (Å²) in [6, 6.07) is 5.79. The fourth-order valence-electron chi connectivity index (χ4n) is 2.73. The van der Waals surface area contributed by atoms with Crippen LogP contribution >= 0.6 is 0 Å². The summed E-state index contributed by atoms with van der Waals surface area (Å²) >= 11 is 0. The van der Waals surface area contributed by atoms with Gasteiger partial charge in [-0.25, -0.2) is 4.39 Å². The molecule has 0 heterocycles. The van der Waals surface area contributed by atoms with Crippen LogP contribution in [0.4, 0.5) is 4.39 Å². The Morgan fingerprint density at radius 2 is 1.95 bits per heavy atom. The molecule has 4 heteroatoms. The van der Waals surface area contributed by atoms with Gasteiger partial charge in [0, 0.05) is 5.54 Å². The number of nitrogens with one attached hydrogen (secondary N) is 1. The number of benzene rings is 1. The normalized spacial score (nSPS) is 17.9. The number of rotatable bonds is 6. The molecule has 3 nitrogen and oxygen atoms in total. The molecule has 0 radical (unpaired) electrons. The third-order valence-corrected chi connectivity index (χ3v) is 3.92. The standard InChI is InChI=1S/C16H23FN2O/c1-4-9-16(10-11-16)18-15(20)14(19(2)3)12-5-7-13(17)8-6-12/h5-8,14H,4,9-11H2,1-3H3,(H,18,20)/t14-/m1/s1. The van der Waals surface area contributed by atoms with Crippen molar-refractivity contribution in [2.24, 2.45) is 0 Å². The van der Waals surface area contributed by atoms with Gasteiger partial charge in [-0.05, 0) is 51.1 Å². The highest BCUT2D eigenvalue weighted by molar-refractivity contribution is 5.84. The van der Waals surface area contributed by atoms with Crippen LogP contribution in [0.25, 0.3) is 0 Å². The van der Waals surface area contributed by atoms with Crippen LogP contribution in [-0.2, 0) is 4.79 Å². The van der Waals surface area contributed by atoms with Gasteiger partial charge in [0.15, 0.2) is 0 Å². The second kappa shape index (κ2) is 5.92. The maximum absolute atomic E-state index is 13.0. The molecule has 0 aliphatic heterocycles. The van der Waals surface area contributed by atoms with Crippen molar-refractivity contribution in [2.75, 3.05) is 14.1 Å². The Kier molecular flexibility index (Phi) is 4.43. The summed E-state index contributed by atoms with van der Waals surface area (Å²) in [6.45, 7) is 2.13. The Balaban J connectivity index is 2.12. The number of nitrogens with zero attached hydrogens (tertiary/aromatic N) is 1. The van der Waals surface area contributed by atoms with Crippen molar-refractivity contribution in [3.63, 3.8) is 0 Å². The summed E-state index contributed by atoms with van der Waals surface area (Å²) in [5.74, 6) is -0.274. The van der Waals surface area contributed by atoms with E-state index in [9.17, 15) is 9.18 Å². The first-order chi connectivity index (χ1) is 9.47. The zero-order valence-corrected chi connectivity index (χ0v) is 12.4. The van der Waals surface area contributed by atoms with Crippen LogP contribution in [0.1, 0.15) is 44.2 Å². The topological polar surface area (TPSA) is 32.3 Å². The van der Waals surface area contributed by atoms with Gasteiger partial charge in [-0.15, -0.1) is 0 Å². The Morgan fingerprint density at radius 1 is 1.35 bits per heavy atom. The number of halogens is 1. The predicted octanol–water partition coefficient (Wildman–Crippen LogP) is 2.88. The third kappa shape index (κ3) is 3.37. The highest BCUT2D eigenvalue weighted by Gasteiger charge is 2.44. The van der Waals surface area contributed by atoms with E-state index in [0.717, 1.165) is 31.2 Å². The number of carbonyl (C=O) groups excluding carboxylic acids is 1. The van der Waals surface area contributed by atoms with Crippen molar-refractivity contribution in [3.8, 4) is 0 Å². The lowest BCUT2D eigenvalue weighted by molar-refractivity contribution is -0.126. The highest BCUT2D eigenvalue weighted by Crippen LogP contribution is 2.40. The largest absolute Gasteiger partial charge is 0.349 e. The summed E-state index contributed by atoms with van der Waals surface area (Å²) in [4.78, 5) is 14.4. The van der Waals surface area contributed by atoms with Crippen LogP contribution in [0.5, 0.6) is 0 Å². The molecule has 0 aromatic heterocycles. The molecule has 1 amide bonds. The molecule has 1 aliphatic rings. The monoisotopic (exact) mass is 278 g/mol. The third-order valence-electron chi connectivity index (χ3n) is 3.92. The van der Waals surface area contributed by atoms with E-state index < -0.39 is 0 Å². The maximum Gasteiger partial charge on any atom is 0.242 e. The maximum atomic E-state index is 13.0. The van der Waals surface area contributed by atoms with Crippen molar-refractivity contribution in [2.45, 2.75) is 44.2 Å². The molecule has 110 valence electrons. The van der Waals surface area contributed by atoms with Gasteiger partial charge in [-0.3, -0.25) is 9.69 Å². The van der Waals surface area contributed by atoms with Crippen molar-refractivity contribution >= 4 is 5.91 Å². The predicted molar refractivity (Wildman–Crippen MR) is 77.8 cm³/mol. The van der Waals surface area contributed by atoms with Crippen LogP contribution in [0, 0.1) is 5.82 Å². The van der Waals surface area contributed by atoms with Crippen LogP contribution < -0.4 is 5.32 Å².